The zero-order valence-corrected chi connectivity index (χ0v) is 16.8. The van der Waals surface area contributed by atoms with Gasteiger partial charge in [-0.15, -0.1) is 0 Å². The summed E-state index contributed by atoms with van der Waals surface area (Å²) in [6.07, 6.45) is 7.44. The van der Waals surface area contributed by atoms with Crippen LogP contribution in [0.1, 0.15) is 51.9 Å². The van der Waals surface area contributed by atoms with Crippen LogP contribution in [0.5, 0.6) is 0 Å². The van der Waals surface area contributed by atoms with Crippen LogP contribution in [-0.2, 0) is 14.8 Å². The average Bonchev–Trinajstić information content (AvgIpc) is 3.32. The zero-order chi connectivity index (χ0) is 19.0. The van der Waals surface area contributed by atoms with Crippen LogP contribution < -0.4 is 5.32 Å². The van der Waals surface area contributed by atoms with Gasteiger partial charge in [0.05, 0.1) is 4.90 Å². The Morgan fingerprint density at radius 3 is 2.56 bits per heavy atom. The molecule has 2 aliphatic carbocycles. The molecule has 1 aromatic rings. The molecule has 1 heterocycles. The highest BCUT2D eigenvalue weighted by Crippen LogP contribution is 2.49. The van der Waals surface area contributed by atoms with E-state index < -0.39 is 16.1 Å². The number of amides is 1. The SMILES string of the molecule is C[C@H](NC(=O)[C@@H]1CCCCN1S(=O)(=O)c1ccccc1)[C@@H]1C[C@H]2CC[C@H]1C2. The molecule has 1 saturated heterocycles. The minimum absolute atomic E-state index is 0.121. The normalized spacial score (nSPS) is 32.3. The molecule has 5 nitrogen and oxygen atoms in total. The third-order valence-electron chi connectivity index (χ3n) is 6.91. The van der Waals surface area contributed by atoms with Gasteiger partial charge in [0.2, 0.25) is 15.9 Å². The van der Waals surface area contributed by atoms with Gasteiger partial charge >= 0.3 is 0 Å². The van der Waals surface area contributed by atoms with Crippen molar-refractivity contribution in [3.05, 3.63) is 30.3 Å². The fourth-order valence-electron chi connectivity index (χ4n) is 5.52. The first-order valence-corrected chi connectivity index (χ1v) is 11.8. The second kappa shape index (κ2) is 7.55. The first-order chi connectivity index (χ1) is 13.0. The van der Waals surface area contributed by atoms with E-state index in [0.29, 0.717) is 18.9 Å². The summed E-state index contributed by atoms with van der Waals surface area (Å²) >= 11 is 0. The van der Waals surface area contributed by atoms with Gasteiger partial charge in [-0.1, -0.05) is 31.0 Å². The van der Waals surface area contributed by atoms with Crippen molar-refractivity contribution in [3.63, 3.8) is 0 Å². The van der Waals surface area contributed by atoms with Gasteiger partial charge in [-0.05, 0) is 68.9 Å². The van der Waals surface area contributed by atoms with Crippen molar-refractivity contribution >= 4 is 15.9 Å². The van der Waals surface area contributed by atoms with Crippen LogP contribution in [0.3, 0.4) is 0 Å². The first-order valence-electron chi connectivity index (χ1n) is 10.3. The standard InChI is InChI=1S/C21H30N2O3S/c1-15(19-14-16-10-11-17(19)13-16)22-21(24)20-9-5-6-12-23(20)27(25,26)18-7-3-2-4-8-18/h2-4,7-8,15-17,19-20H,5-6,9-14H2,1H3,(H,22,24)/t15-,16-,17-,19-,20-/m0/s1. The van der Waals surface area contributed by atoms with Crippen molar-refractivity contribution in [1.82, 2.24) is 9.62 Å². The van der Waals surface area contributed by atoms with Crippen LogP contribution in [-0.4, -0.2) is 37.3 Å². The fraction of sp³-hybridized carbons (Fsp3) is 0.667. The molecular formula is C21H30N2O3S. The Morgan fingerprint density at radius 1 is 1.11 bits per heavy atom. The van der Waals surface area contributed by atoms with Crippen molar-refractivity contribution in [2.75, 3.05) is 6.54 Å². The van der Waals surface area contributed by atoms with E-state index in [0.717, 1.165) is 24.7 Å². The summed E-state index contributed by atoms with van der Waals surface area (Å²) in [7, 11) is -3.65. The van der Waals surface area contributed by atoms with Crippen molar-refractivity contribution in [3.8, 4) is 0 Å². The largest absolute Gasteiger partial charge is 0.352 e. The average molecular weight is 391 g/mol. The maximum atomic E-state index is 13.1. The van der Waals surface area contributed by atoms with Gasteiger partial charge in [0.25, 0.3) is 0 Å². The maximum Gasteiger partial charge on any atom is 0.243 e. The third-order valence-corrected chi connectivity index (χ3v) is 8.83. The fourth-order valence-corrected chi connectivity index (χ4v) is 7.19. The first kappa shape index (κ1) is 18.9. The number of rotatable bonds is 5. The molecule has 3 fully saturated rings. The molecule has 2 saturated carbocycles. The lowest BCUT2D eigenvalue weighted by Crippen LogP contribution is -2.54. The Bertz CT molecular complexity index is 780. The summed E-state index contributed by atoms with van der Waals surface area (Å²) in [5, 5.41) is 3.18. The molecule has 27 heavy (non-hydrogen) atoms. The van der Waals surface area contributed by atoms with Gasteiger partial charge in [0, 0.05) is 12.6 Å². The lowest BCUT2D eigenvalue weighted by molar-refractivity contribution is -0.126. The predicted molar refractivity (Wildman–Crippen MR) is 105 cm³/mol. The minimum Gasteiger partial charge on any atom is -0.352 e. The van der Waals surface area contributed by atoms with Crippen molar-refractivity contribution < 1.29 is 13.2 Å². The summed E-state index contributed by atoms with van der Waals surface area (Å²) in [6, 6.07) is 8.00. The maximum absolute atomic E-state index is 13.1. The number of sulfonamides is 1. The van der Waals surface area contributed by atoms with Gasteiger partial charge < -0.3 is 5.32 Å². The lowest BCUT2D eigenvalue weighted by atomic mass is 9.84. The number of benzene rings is 1. The lowest BCUT2D eigenvalue weighted by Gasteiger charge is -2.36. The number of carbonyl (C=O) groups is 1. The summed E-state index contributed by atoms with van der Waals surface area (Å²) < 4.78 is 27.6. The molecular weight excluding hydrogens is 360 g/mol. The summed E-state index contributed by atoms with van der Waals surface area (Å²) in [4.78, 5) is 13.3. The quantitative estimate of drug-likeness (QED) is 0.840. The molecule has 1 N–H and O–H groups in total. The van der Waals surface area contributed by atoms with Crippen LogP contribution in [0.2, 0.25) is 0 Å². The van der Waals surface area contributed by atoms with Crippen molar-refractivity contribution in [1.29, 1.82) is 0 Å². The number of piperidine rings is 1. The van der Waals surface area contributed by atoms with E-state index >= 15 is 0 Å². The molecule has 5 atom stereocenters. The minimum atomic E-state index is -3.65. The van der Waals surface area contributed by atoms with E-state index in [-0.39, 0.29) is 16.8 Å². The molecule has 148 valence electrons. The molecule has 0 spiro atoms. The molecule has 1 amide bonds. The molecule has 4 rings (SSSR count). The van der Waals surface area contributed by atoms with Gasteiger partial charge in [0.1, 0.15) is 6.04 Å². The second-order valence-electron chi connectivity index (χ2n) is 8.58. The van der Waals surface area contributed by atoms with Gasteiger partial charge in [-0.2, -0.15) is 4.31 Å². The molecule has 0 radical (unpaired) electrons. The Labute approximate surface area is 162 Å². The van der Waals surface area contributed by atoms with E-state index in [1.54, 1.807) is 30.3 Å². The molecule has 3 aliphatic rings. The Balaban J connectivity index is 1.48. The topological polar surface area (TPSA) is 66.5 Å². The number of nitrogens with zero attached hydrogens (tertiary/aromatic N) is 1. The molecule has 2 bridgehead atoms. The van der Waals surface area contributed by atoms with E-state index in [2.05, 4.69) is 12.2 Å². The zero-order valence-electron chi connectivity index (χ0n) is 16.0. The van der Waals surface area contributed by atoms with Crippen LogP contribution in [0.15, 0.2) is 35.2 Å². The van der Waals surface area contributed by atoms with E-state index in [9.17, 15) is 13.2 Å². The second-order valence-corrected chi connectivity index (χ2v) is 10.5. The Kier molecular flexibility index (Phi) is 5.30. The van der Waals surface area contributed by atoms with Crippen LogP contribution in [0.4, 0.5) is 0 Å². The van der Waals surface area contributed by atoms with E-state index in [1.165, 1.54) is 30.0 Å². The van der Waals surface area contributed by atoms with Crippen LogP contribution in [0, 0.1) is 17.8 Å². The molecule has 0 unspecified atom stereocenters. The number of fused-ring (bicyclic) bond motifs is 2. The summed E-state index contributed by atoms with van der Waals surface area (Å²) in [6.45, 7) is 2.51. The van der Waals surface area contributed by atoms with E-state index in [4.69, 9.17) is 0 Å². The third kappa shape index (κ3) is 3.66. The molecule has 0 aromatic heterocycles. The number of nitrogens with one attached hydrogen (secondary N) is 1. The van der Waals surface area contributed by atoms with Gasteiger partial charge in [-0.3, -0.25) is 4.79 Å². The van der Waals surface area contributed by atoms with Crippen molar-refractivity contribution in [2.45, 2.75) is 68.8 Å². The molecule has 6 heteroatoms. The van der Waals surface area contributed by atoms with E-state index in [1.807, 2.05) is 0 Å². The summed E-state index contributed by atoms with van der Waals surface area (Å²) in [5.74, 6) is 2.00. The highest BCUT2D eigenvalue weighted by molar-refractivity contribution is 7.89. The smallest absolute Gasteiger partial charge is 0.243 e. The number of hydrogen-bond donors (Lipinski definition) is 1. The van der Waals surface area contributed by atoms with Crippen LogP contribution in [0.25, 0.3) is 0 Å². The van der Waals surface area contributed by atoms with Crippen molar-refractivity contribution in [2.24, 2.45) is 17.8 Å². The highest BCUT2D eigenvalue weighted by Gasteiger charge is 2.43. The Hall–Kier alpha value is -1.40. The van der Waals surface area contributed by atoms with Gasteiger partial charge in [-0.25, -0.2) is 8.42 Å². The molecule has 1 aliphatic heterocycles. The number of carbonyl (C=O) groups excluding carboxylic acids is 1. The number of hydrogen-bond acceptors (Lipinski definition) is 3. The highest BCUT2D eigenvalue weighted by atomic mass is 32.2. The van der Waals surface area contributed by atoms with Gasteiger partial charge in [0.15, 0.2) is 0 Å². The Morgan fingerprint density at radius 2 is 1.89 bits per heavy atom. The van der Waals surface area contributed by atoms with Crippen LogP contribution >= 0.6 is 0 Å². The monoisotopic (exact) mass is 390 g/mol. The molecule has 1 aromatic carbocycles. The predicted octanol–water partition coefficient (Wildman–Crippen LogP) is 3.17. The summed E-state index contributed by atoms with van der Waals surface area (Å²) in [5.41, 5.74) is 0.